The Labute approximate surface area is 203 Å². The summed E-state index contributed by atoms with van der Waals surface area (Å²) in [6.07, 6.45) is 2.22. The Morgan fingerprint density at radius 2 is 1.83 bits per heavy atom. The number of carbonyl (C=O) groups is 2. The van der Waals surface area contributed by atoms with Crippen LogP contribution < -0.4 is 14.4 Å². The number of ether oxygens (including phenoxy) is 4. The molecular weight excluding hydrogens is 456 g/mol. The first-order chi connectivity index (χ1) is 16.7. The van der Waals surface area contributed by atoms with Crippen molar-refractivity contribution in [3.05, 3.63) is 22.9 Å². The lowest BCUT2D eigenvalue weighted by Crippen LogP contribution is -2.87. The number of esters is 1. The SMILES string of the molecule is COC(=O)N1c2c(ccc(OC)c2OC)C23CC[N+]4([O-])CCCC5(CCC12C(O)(C(=O)OC)C5)C34. The predicted molar refractivity (Wildman–Crippen MR) is 123 cm³/mol. The number of hydrogen-bond acceptors (Lipinski definition) is 8. The summed E-state index contributed by atoms with van der Waals surface area (Å²) in [5.41, 5.74) is -3.88. The Bertz CT molecular complexity index is 1140. The molecule has 5 fully saturated rings. The highest BCUT2D eigenvalue weighted by Gasteiger charge is 2.89. The van der Waals surface area contributed by atoms with Crippen LogP contribution >= 0.6 is 0 Å². The van der Waals surface area contributed by atoms with E-state index in [9.17, 15) is 19.9 Å². The van der Waals surface area contributed by atoms with Crippen LogP contribution in [0.3, 0.4) is 0 Å². The number of carbonyl (C=O) groups excluding carboxylic acids is 2. The molecule has 35 heavy (non-hydrogen) atoms. The summed E-state index contributed by atoms with van der Waals surface area (Å²) >= 11 is 0. The minimum atomic E-state index is -2.03. The number of quaternary nitrogens is 1. The summed E-state index contributed by atoms with van der Waals surface area (Å²) in [5, 5.41) is 26.9. The van der Waals surface area contributed by atoms with Crippen LogP contribution in [-0.4, -0.2) is 80.5 Å². The molecule has 6 unspecified atom stereocenters. The summed E-state index contributed by atoms with van der Waals surface area (Å²) in [5.74, 6) is -0.0736. The van der Waals surface area contributed by atoms with Gasteiger partial charge in [-0.25, -0.2) is 9.59 Å². The monoisotopic (exact) mass is 488 g/mol. The maximum atomic E-state index is 14.4. The second-order valence-electron chi connectivity index (χ2n) is 10.9. The number of anilines is 1. The first-order valence-electron chi connectivity index (χ1n) is 12.2. The van der Waals surface area contributed by atoms with E-state index in [1.165, 1.54) is 33.3 Å². The first kappa shape index (κ1) is 22.9. The molecule has 6 atom stereocenters. The first-order valence-corrected chi connectivity index (χ1v) is 12.2. The van der Waals surface area contributed by atoms with Crippen molar-refractivity contribution in [3.8, 4) is 11.5 Å². The molecule has 3 spiro atoms. The molecule has 1 amide bonds. The molecular formula is C25H32N2O8. The fourth-order valence-electron chi connectivity index (χ4n) is 9.42. The molecule has 7 rings (SSSR count). The number of nitrogens with zero attached hydrogens (tertiary/aromatic N) is 2. The zero-order chi connectivity index (χ0) is 25.0. The van der Waals surface area contributed by atoms with Crippen molar-refractivity contribution in [2.75, 3.05) is 46.4 Å². The standard InChI is InChI=1S/C25H32N2O8/c1-32-16-7-6-15-17(18(16)33-2)26(21(29)35-4)25-10-9-22(14-24(25,30)20(28)34-3)8-5-12-27(31)13-11-23(15,25)19(22)27/h6-7,19,30H,5,8-14H2,1-4H3. The second-order valence-corrected chi connectivity index (χ2v) is 10.9. The molecule has 6 aliphatic rings. The van der Waals surface area contributed by atoms with Gasteiger partial charge in [-0.05, 0) is 37.3 Å². The topological polar surface area (TPSA) is 118 Å². The van der Waals surface area contributed by atoms with E-state index in [2.05, 4.69) is 0 Å². The quantitative estimate of drug-likeness (QED) is 0.391. The highest BCUT2D eigenvalue weighted by molar-refractivity contribution is 6.01. The molecule has 1 aromatic rings. The van der Waals surface area contributed by atoms with E-state index in [0.29, 0.717) is 49.5 Å². The Morgan fingerprint density at radius 3 is 2.49 bits per heavy atom. The van der Waals surface area contributed by atoms with Crippen molar-refractivity contribution in [2.45, 2.75) is 61.1 Å². The Kier molecular flexibility index (Phi) is 4.45. The zero-order valence-corrected chi connectivity index (χ0v) is 20.6. The number of benzene rings is 1. The van der Waals surface area contributed by atoms with E-state index in [4.69, 9.17) is 18.9 Å². The van der Waals surface area contributed by atoms with E-state index in [1.807, 2.05) is 6.07 Å². The molecule has 1 aromatic carbocycles. The van der Waals surface area contributed by atoms with Crippen LogP contribution in [-0.2, 0) is 19.7 Å². The lowest BCUT2D eigenvalue weighted by molar-refractivity contribution is -0.912. The van der Waals surface area contributed by atoms with Gasteiger partial charge in [0.25, 0.3) is 0 Å². The summed E-state index contributed by atoms with van der Waals surface area (Å²) < 4.78 is 21.4. The summed E-state index contributed by atoms with van der Waals surface area (Å²) in [6, 6.07) is 3.24. The third kappa shape index (κ3) is 2.16. The summed E-state index contributed by atoms with van der Waals surface area (Å²) in [4.78, 5) is 28.6. The van der Waals surface area contributed by atoms with Crippen molar-refractivity contribution in [1.82, 2.24) is 0 Å². The fourth-order valence-corrected chi connectivity index (χ4v) is 9.42. The number of rotatable bonds is 3. The number of hydroxylamine groups is 3. The van der Waals surface area contributed by atoms with Gasteiger partial charge in [-0.15, -0.1) is 0 Å². The highest BCUT2D eigenvalue weighted by atomic mass is 16.6. The average Bonchev–Trinajstić information content (AvgIpc) is 3.33. The molecule has 3 saturated carbocycles. The Hall–Kier alpha value is -2.56. The van der Waals surface area contributed by atoms with Gasteiger partial charge in [-0.3, -0.25) is 4.90 Å². The van der Waals surface area contributed by atoms with E-state index < -0.39 is 40.1 Å². The Morgan fingerprint density at radius 1 is 1.06 bits per heavy atom. The number of aliphatic hydroxyl groups is 1. The van der Waals surface area contributed by atoms with Crippen LogP contribution in [0.2, 0.25) is 0 Å². The molecule has 2 saturated heterocycles. The van der Waals surface area contributed by atoms with Gasteiger partial charge < -0.3 is 33.9 Å². The number of hydrogen-bond donors (Lipinski definition) is 1. The Balaban J connectivity index is 1.78. The van der Waals surface area contributed by atoms with Gasteiger partial charge in [0.1, 0.15) is 11.6 Å². The molecule has 3 aliphatic heterocycles. The van der Waals surface area contributed by atoms with Crippen LogP contribution in [0.4, 0.5) is 10.5 Å². The molecule has 10 nitrogen and oxygen atoms in total. The third-order valence-electron chi connectivity index (χ3n) is 10.1. The zero-order valence-electron chi connectivity index (χ0n) is 20.6. The molecule has 3 aliphatic carbocycles. The smallest absolute Gasteiger partial charge is 0.414 e. The number of methoxy groups -OCH3 is 4. The summed E-state index contributed by atoms with van der Waals surface area (Å²) in [7, 11) is 5.51. The van der Waals surface area contributed by atoms with E-state index in [-0.39, 0.29) is 11.1 Å². The molecule has 0 aromatic heterocycles. The van der Waals surface area contributed by atoms with Crippen LogP contribution in [0, 0.1) is 10.6 Å². The summed E-state index contributed by atoms with van der Waals surface area (Å²) in [6.45, 7) is 0.843. The number of fused-ring (bicyclic) bond motifs is 3. The molecule has 0 radical (unpaired) electrons. The maximum absolute atomic E-state index is 14.4. The normalized spacial score (nSPS) is 42.1. The largest absolute Gasteiger partial charge is 0.633 e. The molecule has 2 bridgehead atoms. The minimum absolute atomic E-state index is 0.0717. The highest BCUT2D eigenvalue weighted by Crippen LogP contribution is 2.79. The third-order valence-corrected chi connectivity index (χ3v) is 10.1. The van der Waals surface area contributed by atoms with Gasteiger partial charge in [-0.1, -0.05) is 6.07 Å². The lowest BCUT2D eigenvalue weighted by atomic mass is 9.37. The van der Waals surface area contributed by atoms with Crippen LogP contribution in [0.25, 0.3) is 0 Å². The van der Waals surface area contributed by atoms with Crippen LogP contribution in [0.1, 0.15) is 44.1 Å². The van der Waals surface area contributed by atoms with Crippen LogP contribution in [0.5, 0.6) is 11.5 Å². The van der Waals surface area contributed by atoms with Gasteiger partial charge in [0.15, 0.2) is 17.1 Å². The molecule has 190 valence electrons. The molecule has 3 heterocycles. The van der Waals surface area contributed by atoms with Crippen LogP contribution in [0.15, 0.2) is 12.1 Å². The van der Waals surface area contributed by atoms with E-state index in [0.717, 1.165) is 18.4 Å². The molecule has 10 heteroatoms. The van der Waals surface area contributed by atoms with Crippen molar-refractivity contribution in [3.63, 3.8) is 0 Å². The maximum Gasteiger partial charge on any atom is 0.414 e. The van der Waals surface area contributed by atoms with Gasteiger partial charge >= 0.3 is 12.1 Å². The lowest BCUT2D eigenvalue weighted by Gasteiger charge is -2.72. The van der Waals surface area contributed by atoms with Crippen molar-refractivity contribution < 1.29 is 38.3 Å². The van der Waals surface area contributed by atoms with E-state index >= 15 is 0 Å². The number of amides is 1. The fraction of sp³-hybridized carbons (Fsp3) is 0.680. The van der Waals surface area contributed by atoms with Crippen molar-refractivity contribution in [2.24, 2.45) is 5.41 Å². The second kappa shape index (κ2) is 6.80. The number of piperidine rings is 1. The minimum Gasteiger partial charge on any atom is -0.633 e. The van der Waals surface area contributed by atoms with Gasteiger partial charge in [0, 0.05) is 18.3 Å². The van der Waals surface area contributed by atoms with Crippen molar-refractivity contribution in [1.29, 1.82) is 0 Å². The van der Waals surface area contributed by atoms with Gasteiger partial charge in [0.05, 0.1) is 52.6 Å². The van der Waals surface area contributed by atoms with Gasteiger partial charge in [-0.2, -0.15) is 0 Å². The van der Waals surface area contributed by atoms with Gasteiger partial charge in [0.2, 0.25) is 0 Å². The molecule has 1 N–H and O–H groups in total. The predicted octanol–water partition coefficient (Wildman–Crippen LogP) is 2.24. The average molecular weight is 489 g/mol. The van der Waals surface area contributed by atoms with E-state index in [1.54, 1.807) is 6.07 Å². The van der Waals surface area contributed by atoms with Crippen molar-refractivity contribution >= 4 is 17.7 Å².